The molecule has 0 aliphatic carbocycles. The molecule has 1 aromatic heterocycles. The number of alkyl halides is 1. The fraction of sp³-hybridized carbons (Fsp3) is 0.483. The van der Waals surface area contributed by atoms with Crippen LogP contribution in [0.25, 0.3) is 17.0 Å². The topological polar surface area (TPSA) is 144 Å². The van der Waals surface area contributed by atoms with Crippen molar-refractivity contribution in [3.05, 3.63) is 47.7 Å². The Labute approximate surface area is 233 Å². The van der Waals surface area contributed by atoms with E-state index in [1.807, 2.05) is 37.3 Å². The largest absolute Gasteiger partial charge is 0.448 e. The van der Waals surface area contributed by atoms with Crippen LogP contribution in [0.3, 0.4) is 0 Å². The van der Waals surface area contributed by atoms with Crippen molar-refractivity contribution in [1.82, 2.24) is 20.7 Å². The fourth-order valence-electron chi connectivity index (χ4n) is 4.21. The number of aryl methyl sites for hydroxylation is 1. The third-order valence-electron chi connectivity index (χ3n) is 6.79. The van der Waals surface area contributed by atoms with Gasteiger partial charge in [0.05, 0.1) is 10.9 Å². The normalized spacial score (nSPS) is 18.2. The Balaban J connectivity index is 1.65. The number of hydrogen-bond donors (Lipinski definition) is 3. The number of nitrogens with zero attached hydrogens (tertiary/aromatic N) is 2. The summed E-state index contributed by atoms with van der Waals surface area (Å²) in [6, 6.07) is 7.96. The van der Waals surface area contributed by atoms with Gasteiger partial charge in [-0.2, -0.15) is 0 Å². The van der Waals surface area contributed by atoms with Crippen LogP contribution in [0.1, 0.15) is 58.7 Å². The molecule has 0 spiro atoms. The van der Waals surface area contributed by atoms with E-state index >= 15 is 0 Å². The van der Waals surface area contributed by atoms with Gasteiger partial charge in [0.25, 0.3) is 11.8 Å². The lowest BCUT2D eigenvalue weighted by Gasteiger charge is -2.34. The number of ether oxygens (including phenoxy) is 1. The van der Waals surface area contributed by atoms with E-state index in [0.29, 0.717) is 19.4 Å². The van der Waals surface area contributed by atoms with Crippen molar-refractivity contribution < 1.29 is 28.3 Å². The fourth-order valence-corrected chi connectivity index (χ4v) is 4.21. The third-order valence-corrected chi connectivity index (χ3v) is 6.79. The second-order valence-corrected chi connectivity index (χ2v) is 10.6. The smallest absolute Gasteiger partial charge is 0.316 e. The van der Waals surface area contributed by atoms with Crippen molar-refractivity contribution >= 4 is 40.7 Å². The number of benzene rings is 1. The predicted molar refractivity (Wildman–Crippen MR) is 149 cm³/mol. The van der Waals surface area contributed by atoms with Crippen LogP contribution < -0.4 is 16.5 Å². The number of rotatable bonds is 10. The lowest BCUT2D eigenvalue weighted by molar-refractivity contribution is -0.166. The molecule has 3 amide bonds. The molecule has 4 unspecified atom stereocenters. The van der Waals surface area contributed by atoms with Crippen LogP contribution in [-0.2, 0) is 30.3 Å². The van der Waals surface area contributed by atoms with E-state index in [0.717, 1.165) is 35.5 Å². The molecule has 2 heterocycles. The van der Waals surface area contributed by atoms with E-state index in [-0.39, 0.29) is 0 Å². The van der Waals surface area contributed by atoms with Crippen LogP contribution in [-0.4, -0.2) is 64.6 Å². The molecule has 10 nitrogen and oxygen atoms in total. The van der Waals surface area contributed by atoms with Gasteiger partial charge in [-0.25, -0.2) is 9.82 Å². The van der Waals surface area contributed by atoms with E-state index in [1.54, 1.807) is 26.0 Å². The monoisotopic (exact) mass is 555 g/mol. The summed E-state index contributed by atoms with van der Waals surface area (Å²) >= 11 is 0. The number of hydrogen-bond acceptors (Lipinski definition) is 7. The highest BCUT2D eigenvalue weighted by Gasteiger charge is 2.37. The summed E-state index contributed by atoms with van der Waals surface area (Å²) in [7, 11) is 0. The van der Waals surface area contributed by atoms with E-state index in [1.165, 1.54) is 11.9 Å². The van der Waals surface area contributed by atoms with Crippen molar-refractivity contribution in [2.75, 3.05) is 6.54 Å². The highest BCUT2D eigenvalue weighted by atomic mass is 19.1. The van der Waals surface area contributed by atoms with Crippen LogP contribution in [0.5, 0.6) is 0 Å². The summed E-state index contributed by atoms with van der Waals surface area (Å²) in [6.45, 7) is 8.06. The van der Waals surface area contributed by atoms with Crippen molar-refractivity contribution in [2.45, 2.75) is 78.2 Å². The van der Waals surface area contributed by atoms with E-state index in [9.17, 15) is 23.6 Å². The first kappa shape index (κ1) is 30.7. The Hall–Kier alpha value is -3.86. The SMILES string of the molecule is CCc1ccc2ccc(/C=C/C(C)(C)C(=O)OC(C(=O)NC(C)C(=O)N3CCCC(C(N)=O)N3)C(C)F)cc2n1. The average Bonchev–Trinajstić information content (AvgIpc) is 2.93. The van der Waals surface area contributed by atoms with E-state index in [2.05, 4.69) is 15.7 Å². The Bertz CT molecular complexity index is 1290. The number of halogens is 1. The Kier molecular flexibility index (Phi) is 9.97. The molecule has 0 radical (unpaired) electrons. The number of amides is 3. The van der Waals surface area contributed by atoms with Crippen molar-refractivity contribution in [3.8, 4) is 0 Å². The zero-order valence-corrected chi connectivity index (χ0v) is 23.6. The second kappa shape index (κ2) is 13.0. The van der Waals surface area contributed by atoms with Crippen LogP contribution >= 0.6 is 0 Å². The molecule has 1 saturated heterocycles. The summed E-state index contributed by atoms with van der Waals surface area (Å²) in [5.74, 6) is -2.87. The third kappa shape index (κ3) is 7.62. The summed E-state index contributed by atoms with van der Waals surface area (Å²) in [4.78, 5) is 54.8. The number of hydrazine groups is 1. The van der Waals surface area contributed by atoms with Gasteiger partial charge in [0.15, 0.2) is 0 Å². The Morgan fingerprint density at radius 1 is 1.25 bits per heavy atom. The quantitative estimate of drug-likeness (QED) is 0.382. The molecule has 1 fully saturated rings. The van der Waals surface area contributed by atoms with Crippen molar-refractivity contribution in [1.29, 1.82) is 0 Å². The highest BCUT2D eigenvalue weighted by molar-refractivity contribution is 5.91. The predicted octanol–water partition coefficient (Wildman–Crippen LogP) is 2.59. The number of carbonyl (C=O) groups excluding carboxylic acids is 4. The maximum absolute atomic E-state index is 14.4. The number of pyridine rings is 1. The summed E-state index contributed by atoms with van der Waals surface area (Å²) in [5.41, 5.74) is 9.49. The van der Waals surface area contributed by atoms with Crippen LogP contribution in [0.2, 0.25) is 0 Å². The van der Waals surface area contributed by atoms with Gasteiger partial charge < -0.3 is 15.8 Å². The lowest BCUT2D eigenvalue weighted by atomic mass is 9.92. The number of fused-ring (bicyclic) bond motifs is 1. The zero-order valence-electron chi connectivity index (χ0n) is 23.6. The molecule has 216 valence electrons. The maximum Gasteiger partial charge on any atom is 0.316 e. The number of carbonyl (C=O) groups is 4. The van der Waals surface area contributed by atoms with Crippen LogP contribution in [0.15, 0.2) is 36.4 Å². The first-order valence-corrected chi connectivity index (χ1v) is 13.4. The minimum absolute atomic E-state index is 0.314. The Morgan fingerprint density at radius 3 is 2.60 bits per heavy atom. The van der Waals surface area contributed by atoms with Gasteiger partial charge in [0, 0.05) is 17.6 Å². The molecule has 11 heteroatoms. The summed E-state index contributed by atoms with van der Waals surface area (Å²) in [6.07, 6.45) is 1.63. The number of aromatic nitrogens is 1. The molecule has 0 saturated carbocycles. The highest BCUT2D eigenvalue weighted by Crippen LogP contribution is 2.24. The molecule has 1 aromatic carbocycles. The first-order valence-electron chi connectivity index (χ1n) is 13.4. The molecular weight excluding hydrogens is 517 g/mol. The van der Waals surface area contributed by atoms with E-state index < -0.39 is 53.5 Å². The number of primary amides is 1. The molecule has 2 aromatic rings. The number of nitrogens with one attached hydrogen (secondary N) is 2. The lowest BCUT2D eigenvalue weighted by Crippen LogP contribution is -2.61. The summed E-state index contributed by atoms with van der Waals surface area (Å²) in [5, 5.41) is 4.62. The van der Waals surface area contributed by atoms with Crippen molar-refractivity contribution in [3.63, 3.8) is 0 Å². The minimum atomic E-state index is -1.84. The molecule has 3 rings (SSSR count). The average molecular weight is 556 g/mol. The molecule has 1 aliphatic rings. The van der Waals surface area contributed by atoms with E-state index in [4.69, 9.17) is 10.5 Å². The zero-order chi connectivity index (χ0) is 29.6. The molecular formula is C29H38FN5O5. The van der Waals surface area contributed by atoms with Gasteiger partial charge in [0.2, 0.25) is 12.0 Å². The Morgan fingerprint density at radius 2 is 1.95 bits per heavy atom. The minimum Gasteiger partial charge on any atom is -0.448 e. The number of esters is 1. The summed E-state index contributed by atoms with van der Waals surface area (Å²) < 4.78 is 19.8. The van der Waals surface area contributed by atoms with Gasteiger partial charge >= 0.3 is 5.97 Å². The van der Waals surface area contributed by atoms with Gasteiger partial charge in [-0.1, -0.05) is 37.3 Å². The van der Waals surface area contributed by atoms with Gasteiger partial charge in [-0.15, -0.1) is 0 Å². The second-order valence-electron chi connectivity index (χ2n) is 10.6. The van der Waals surface area contributed by atoms with Crippen molar-refractivity contribution in [2.24, 2.45) is 11.1 Å². The first-order chi connectivity index (χ1) is 18.8. The molecule has 4 atom stereocenters. The molecule has 4 N–H and O–H groups in total. The maximum atomic E-state index is 14.4. The molecule has 40 heavy (non-hydrogen) atoms. The molecule has 0 bridgehead atoms. The van der Waals surface area contributed by atoms with Gasteiger partial charge in [-0.3, -0.25) is 29.2 Å². The standard InChI is InChI=1S/C29H38FN5O5/c1-6-21-12-11-20-10-9-19(16-23(20)33-21)13-14-29(4,5)28(39)40-24(17(2)30)26(37)32-18(3)27(38)35-15-7-8-22(34-35)25(31)36/h9-14,16-18,22,24,34H,6-8,15H2,1-5H3,(H2,31,36)(H,32,37)/b14-13+. The van der Waals surface area contributed by atoms with Crippen LogP contribution in [0, 0.1) is 5.41 Å². The molecule has 1 aliphatic heterocycles. The van der Waals surface area contributed by atoms with Gasteiger partial charge in [-0.05, 0) is 64.7 Å². The number of nitrogens with two attached hydrogens (primary N) is 1. The van der Waals surface area contributed by atoms with Crippen LogP contribution in [0.4, 0.5) is 4.39 Å². The van der Waals surface area contributed by atoms with Gasteiger partial charge in [0.1, 0.15) is 18.3 Å².